The van der Waals surface area contributed by atoms with Crippen molar-refractivity contribution in [3.8, 4) is 67.3 Å². The monoisotopic (exact) mass is 726 g/mol. The molecule has 268 valence electrons. The van der Waals surface area contributed by atoms with Crippen LogP contribution in [0, 0.1) is 0 Å². The van der Waals surface area contributed by atoms with Crippen LogP contribution in [0.4, 0.5) is 0 Å². The first-order chi connectivity index (χ1) is 28.0. The highest BCUT2D eigenvalue weighted by molar-refractivity contribution is 6.05. The minimum Gasteiger partial charge on any atom is -0.228 e. The number of nitrogens with zero attached hydrogens (tertiary/aromatic N) is 2. The zero-order valence-electron chi connectivity index (χ0n) is 31.9. The van der Waals surface area contributed by atoms with Crippen LogP contribution in [0.25, 0.3) is 99.6 Å². The molecule has 1 aromatic heterocycles. The molecule has 0 unspecified atom stereocenters. The van der Waals surface area contributed by atoms with Gasteiger partial charge in [-0.05, 0) is 95.0 Å². The van der Waals surface area contributed by atoms with Crippen LogP contribution in [0.1, 0.15) is 25.0 Å². The third-order valence-corrected chi connectivity index (χ3v) is 12.1. The van der Waals surface area contributed by atoms with Crippen molar-refractivity contribution >= 4 is 32.3 Å². The van der Waals surface area contributed by atoms with Crippen molar-refractivity contribution in [1.29, 1.82) is 0 Å². The van der Waals surface area contributed by atoms with Crippen LogP contribution in [0.5, 0.6) is 0 Å². The molecule has 0 bridgehead atoms. The normalized spacial score (nSPS) is 12.9. The Morgan fingerprint density at radius 2 is 0.895 bits per heavy atom. The summed E-state index contributed by atoms with van der Waals surface area (Å²) in [6.45, 7) is 4.75. The zero-order chi connectivity index (χ0) is 38.1. The summed E-state index contributed by atoms with van der Waals surface area (Å²) in [6, 6.07) is 70.1. The second kappa shape index (κ2) is 13.0. The van der Waals surface area contributed by atoms with E-state index >= 15 is 0 Å². The van der Waals surface area contributed by atoms with Crippen LogP contribution in [0.2, 0.25) is 0 Å². The quantitative estimate of drug-likeness (QED) is 0.176. The number of fused-ring (bicyclic) bond motifs is 7. The van der Waals surface area contributed by atoms with Crippen molar-refractivity contribution in [2.75, 3.05) is 0 Å². The van der Waals surface area contributed by atoms with Crippen LogP contribution in [0.15, 0.2) is 194 Å². The van der Waals surface area contributed by atoms with E-state index < -0.39 is 0 Å². The lowest BCUT2D eigenvalue weighted by molar-refractivity contribution is 0.666. The molecule has 10 aromatic rings. The Hall–Kier alpha value is -7.16. The van der Waals surface area contributed by atoms with Crippen molar-refractivity contribution in [2.45, 2.75) is 19.3 Å². The minimum atomic E-state index is -0.0951. The summed E-state index contributed by atoms with van der Waals surface area (Å²) in [7, 11) is 0. The average molecular weight is 727 g/mol. The van der Waals surface area contributed by atoms with Gasteiger partial charge in [0.05, 0.1) is 11.4 Å². The Kier molecular flexibility index (Phi) is 7.55. The summed E-state index contributed by atoms with van der Waals surface area (Å²) >= 11 is 0. The molecular formula is C55H38N2. The summed E-state index contributed by atoms with van der Waals surface area (Å²) in [5, 5.41) is 7.31. The van der Waals surface area contributed by atoms with Gasteiger partial charge in [0.1, 0.15) is 0 Å². The van der Waals surface area contributed by atoms with E-state index in [1.807, 2.05) is 6.07 Å². The van der Waals surface area contributed by atoms with Gasteiger partial charge in [0.25, 0.3) is 0 Å². The molecule has 0 fully saturated rings. The fraction of sp³-hybridized carbons (Fsp3) is 0.0545. The zero-order valence-corrected chi connectivity index (χ0v) is 31.9. The van der Waals surface area contributed by atoms with Gasteiger partial charge in [0.15, 0.2) is 5.82 Å². The first-order valence-corrected chi connectivity index (χ1v) is 19.7. The van der Waals surface area contributed by atoms with Crippen LogP contribution < -0.4 is 0 Å². The van der Waals surface area contributed by atoms with Gasteiger partial charge in [-0.25, -0.2) is 9.97 Å². The maximum atomic E-state index is 5.30. The van der Waals surface area contributed by atoms with E-state index in [0.717, 1.165) is 33.5 Å². The molecule has 0 atom stereocenters. The molecule has 2 nitrogen and oxygen atoms in total. The van der Waals surface area contributed by atoms with Crippen LogP contribution in [-0.4, -0.2) is 9.97 Å². The molecule has 0 N–H and O–H groups in total. The van der Waals surface area contributed by atoms with Crippen molar-refractivity contribution in [1.82, 2.24) is 9.97 Å². The van der Waals surface area contributed by atoms with Crippen molar-refractivity contribution in [3.05, 3.63) is 205 Å². The topological polar surface area (TPSA) is 25.8 Å². The second-order valence-corrected chi connectivity index (χ2v) is 15.7. The molecule has 0 amide bonds. The Balaban J connectivity index is 0.986. The summed E-state index contributed by atoms with van der Waals surface area (Å²) in [5.41, 5.74) is 15.2. The lowest BCUT2D eigenvalue weighted by Crippen LogP contribution is -2.15. The molecule has 1 aliphatic rings. The molecule has 57 heavy (non-hydrogen) atoms. The first-order valence-electron chi connectivity index (χ1n) is 19.7. The number of aromatic nitrogens is 2. The predicted molar refractivity (Wildman–Crippen MR) is 239 cm³/mol. The molecule has 0 saturated heterocycles. The van der Waals surface area contributed by atoms with Crippen molar-refractivity contribution < 1.29 is 0 Å². The van der Waals surface area contributed by atoms with Crippen molar-refractivity contribution in [3.63, 3.8) is 0 Å². The predicted octanol–water partition coefficient (Wildman–Crippen LogP) is 14.6. The van der Waals surface area contributed by atoms with Gasteiger partial charge < -0.3 is 0 Å². The van der Waals surface area contributed by atoms with E-state index in [-0.39, 0.29) is 5.41 Å². The van der Waals surface area contributed by atoms with Gasteiger partial charge in [0, 0.05) is 22.1 Å². The molecule has 9 aromatic carbocycles. The summed E-state index contributed by atoms with van der Waals surface area (Å²) in [6.07, 6.45) is 0. The standard InChI is InChI=1S/C55H38N2/c1-55(2)50-33-40(28-29-46(50)48-30-27-37-14-7-9-19-43(37)53(48)55)35-23-25-38(26-24-35)42-31-32-49(45-21-11-10-20-44(42)45)54-56-51(39-15-4-3-5-16-39)34-52(57-54)47-22-12-17-36-13-6-8-18-41(36)47/h3-34H,1-2H3. The second-order valence-electron chi connectivity index (χ2n) is 15.7. The molecule has 0 aliphatic heterocycles. The molecular weight excluding hydrogens is 689 g/mol. The SMILES string of the molecule is CC1(C)c2cc(-c3ccc(-c4ccc(-c5nc(-c6ccccc6)cc(-c6cccc7ccccc67)n5)c5ccccc45)cc3)ccc2-c2ccc3ccccc3c21. The summed E-state index contributed by atoms with van der Waals surface area (Å²) in [5.74, 6) is 0.715. The highest BCUT2D eigenvalue weighted by Gasteiger charge is 2.37. The number of rotatable bonds is 5. The lowest BCUT2D eigenvalue weighted by atomic mass is 9.79. The van der Waals surface area contributed by atoms with Gasteiger partial charge in [-0.3, -0.25) is 0 Å². The highest BCUT2D eigenvalue weighted by Crippen LogP contribution is 2.52. The minimum absolute atomic E-state index is 0.0951. The van der Waals surface area contributed by atoms with Crippen LogP contribution in [-0.2, 0) is 5.41 Å². The smallest absolute Gasteiger partial charge is 0.161 e. The molecule has 11 rings (SSSR count). The molecule has 0 radical (unpaired) electrons. The van der Waals surface area contributed by atoms with E-state index in [1.54, 1.807) is 0 Å². The Morgan fingerprint density at radius 3 is 1.68 bits per heavy atom. The maximum absolute atomic E-state index is 5.30. The number of benzene rings is 9. The van der Waals surface area contributed by atoms with Crippen molar-refractivity contribution in [2.24, 2.45) is 0 Å². The average Bonchev–Trinajstić information content (AvgIpc) is 3.51. The third-order valence-electron chi connectivity index (χ3n) is 12.1. The Labute approximate surface area is 332 Å². The van der Waals surface area contributed by atoms with E-state index in [2.05, 4.69) is 202 Å². The Bertz CT molecular complexity index is 3190. The van der Waals surface area contributed by atoms with Gasteiger partial charge in [0.2, 0.25) is 0 Å². The first kappa shape index (κ1) is 33.2. The molecule has 0 saturated carbocycles. The van der Waals surface area contributed by atoms with Gasteiger partial charge in [-0.1, -0.05) is 190 Å². The molecule has 1 heterocycles. The van der Waals surface area contributed by atoms with Gasteiger partial charge in [-0.2, -0.15) is 0 Å². The number of hydrogen-bond acceptors (Lipinski definition) is 2. The molecule has 1 aliphatic carbocycles. The van der Waals surface area contributed by atoms with Gasteiger partial charge in [-0.15, -0.1) is 0 Å². The van der Waals surface area contributed by atoms with E-state index in [1.165, 1.54) is 71.4 Å². The molecule has 0 spiro atoms. The molecule has 2 heteroatoms. The Morgan fingerprint density at radius 1 is 0.333 bits per heavy atom. The van der Waals surface area contributed by atoms with Crippen LogP contribution >= 0.6 is 0 Å². The maximum Gasteiger partial charge on any atom is 0.161 e. The lowest BCUT2D eigenvalue weighted by Gasteiger charge is -2.23. The third kappa shape index (κ3) is 5.40. The summed E-state index contributed by atoms with van der Waals surface area (Å²) < 4.78 is 0. The van der Waals surface area contributed by atoms with Crippen LogP contribution in [0.3, 0.4) is 0 Å². The largest absolute Gasteiger partial charge is 0.228 e. The summed E-state index contributed by atoms with van der Waals surface area (Å²) in [4.78, 5) is 10.5. The number of hydrogen-bond donors (Lipinski definition) is 0. The fourth-order valence-electron chi connectivity index (χ4n) is 9.28. The fourth-order valence-corrected chi connectivity index (χ4v) is 9.28. The van der Waals surface area contributed by atoms with E-state index in [9.17, 15) is 0 Å². The van der Waals surface area contributed by atoms with Gasteiger partial charge >= 0.3 is 0 Å². The highest BCUT2D eigenvalue weighted by atomic mass is 14.9. The van der Waals surface area contributed by atoms with E-state index in [0.29, 0.717) is 5.82 Å². The van der Waals surface area contributed by atoms with E-state index in [4.69, 9.17) is 9.97 Å².